The van der Waals surface area contributed by atoms with Gasteiger partial charge in [-0.1, -0.05) is 6.92 Å². The lowest BCUT2D eigenvalue weighted by molar-refractivity contribution is 0.567. The molecule has 0 spiro atoms. The molecule has 0 aliphatic rings. The molecule has 1 atom stereocenters. The van der Waals surface area contributed by atoms with Gasteiger partial charge in [0, 0.05) is 23.7 Å². The molecule has 1 aromatic rings. The summed E-state index contributed by atoms with van der Waals surface area (Å²) in [6.45, 7) is 6.10. The Balaban J connectivity index is 2.39. The first-order valence-electron chi connectivity index (χ1n) is 5.30. The van der Waals surface area contributed by atoms with E-state index >= 15 is 0 Å². The largest absolute Gasteiger partial charge is 0.308 e. The minimum atomic E-state index is -2.87. The van der Waals surface area contributed by atoms with Crippen molar-refractivity contribution in [3.05, 3.63) is 16.1 Å². The third kappa shape index (κ3) is 4.19. The zero-order chi connectivity index (χ0) is 12.2. The molecule has 1 N–H and O–H groups in total. The van der Waals surface area contributed by atoms with Crippen molar-refractivity contribution in [1.82, 2.24) is 10.3 Å². The Hall–Kier alpha value is -0.460. The molecular weight excluding hydrogens is 244 g/mol. The first-order valence-corrected chi connectivity index (χ1v) is 8.00. The van der Waals surface area contributed by atoms with Crippen LogP contribution in [-0.4, -0.2) is 31.5 Å². The summed E-state index contributed by atoms with van der Waals surface area (Å²) < 4.78 is 22.5. The standard InChI is InChI=1S/C10H18N2O2S2/c1-4-16(13,14)6-5-11-8(2)10-7-15-9(3)12-10/h7-8,11H,4-6H2,1-3H3. The summed E-state index contributed by atoms with van der Waals surface area (Å²) in [5, 5.41) is 6.20. The van der Waals surface area contributed by atoms with Crippen molar-refractivity contribution < 1.29 is 8.42 Å². The average molecular weight is 262 g/mol. The maximum atomic E-state index is 11.3. The van der Waals surface area contributed by atoms with Gasteiger partial charge < -0.3 is 5.32 Å². The number of nitrogens with one attached hydrogen (secondary N) is 1. The van der Waals surface area contributed by atoms with E-state index in [-0.39, 0.29) is 17.5 Å². The number of aryl methyl sites for hydroxylation is 1. The van der Waals surface area contributed by atoms with Crippen molar-refractivity contribution in [2.45, 2.75) is 26.8 Å². The van der Waals surface area contributed by atoms with Gasteiger partial charge in [0.05, 0.1) is 16.5 Å². The van der Waals surface area contributed by atoms with Crippen LogP contribution in [0.3, 0.4) is 0 Å². The van der Waals surface area contributed by atoms with Gasteiger partial charge in [-0.3, -0.25) is 0 Å². The summed E-state index contributed by atoms with van der Waals surface area (Å²) in [4.78, 5) is 4.35. The lowest BCUT2D eigenvalue weighted by atomic mass is 10.2. The van der Waals surface area contributed by atoms with Crippen molar-refractivity contribution in [2.24, 2.45) is 0 Å². The highest BCUT2D eigenvalue weighted by Crippen LogP contribution is 2.15. The van der Waals surface area contributed by atoms with Crippen LogP contribution in [-0.2, 0) is 9.84 Å². The fourth-order valence-electron chi connectivity index (χ4n) is 1.26. The zero-order valence-corrected chi connectivity index (χ0v) is 11.5. The number of thiazole rings is 1. The van der Waals surface area contributed by atoms with Crippen LogP contribution in [0.15, 0.2) is 5.38 Å². The minimum absolute atomic E-state index is 0.108. The molecule has 4 nitrogen and oxygen atoms in total. The predicted octanol–water partition coefficient (Wildman–Crippen LogP) is 1.54. The summed E-state index contributed by atoms with van der Waals surface area (Å²) in [7, 11) is -2.87. The van der Waals surface area contributed by atoms with E-state index in [0.29, 0.717) is 6.54 Å². The molecule has 6 heteroatoms. The fraction of sp³-hybridized carbons (Fsp3) is 0.700. The second-order valence-electron chi connectivity index (χ2n) is 3.70. The highest BCUT2D eigenvalue weighted by Gasteiger charge is 2.11. The van der Waals surface area contributed by atoms with Crippen LogP contribution in [0.5, 0.6) is 0 Å². The fourth-order valence-corrected chi connectivity index (χ4v) is 2.68. The molecule has 1 rings (SSSR count). The molecule has 0 bridgehead atoms. The number of rotatable bonds is 6. The molecule has 1 aromatic heterocycles. The minimum Gasteiger partial charge on any atom is -0.308 e. The molecule has 1 unspecified atom stereocenters. The van der Waals surface area contributed by atoms with Crippen molar-refractivity contribution >= 4 is 21.2 Å². The van der Waals surface area contributed by atoms with Crippen molar-refractivity contribution in [1.29, 1.82) is 0 Å². The maximum Gasteiger partial charge on any atom is 0.151 e. The van der Waals surface area contributed by atoms with E-state index in [1.54, 1.807) is 18.3 Å². The third-order valence-corrected chi connectivity index (χ3v) is 4.88. The van der Waals surface area contributed by atoms with Gasteiger partial charge >= 0.3 is 0 Å². The number of sulfone groups is 1. The Morgan fingerprint density at radius 1 is 1.56 bits per heavy atom. The molecule has 0 amide bonds. The predicted molar refractivity (Wildman–Crippen MR) is 67.6 cm³/mol. The highest BCUT2D eigenvalue weighted by atomic mass is 32.2. The molecule has 0 fully saturated rings. The van der Waals surface area contributed by atoms with Gasteiger partial charge in [0.25, 0.3) is 0 Å². The summed E-state index contributed by atoms with van der Waals surface area (Å²) in [6, 6.07) is 0.108. The number of hydrogen-bond donors (Lipinski definition) is 1. The average Bonchev–Trinajstić information content (AvgIpc) is 2.64. The lowest BCUT2D eigenvalue weighted by Gasteiger charge is -2.10. The Morgan fingerprint density at radius 3 is 2.75 bits per heavy atom. The van der Waals surface area contributed by atoms with Crippen LogP contribution >= 0.6 is 11.3 Å². The summed E-state index contributed by atoms with van der Waals surface area (Å²) in [5.74, 6) is 0.399. The van der Waals surface area contributed by atoms with Gasteiger partial charge in [-0.15, -0.1) is 11.3 Å². The Kier molecular flexibility index (Phi) is 4.89. The van der Waals surface area contributed by atoms with Crippen molar-refractivity contribution in [3.63, 3.8) is 0 Å². The maximum absolute atomic E-state index is 11.3. The molecule has 0 aliphatic carbocycles. The van der Waals surface area contributed by atoms with Gasteiger partial charge in [0.15, 0.2) is 9.84 Å². The number of aromatic nitrogens is 1. The van der Waals surface area contributed by atoms with Gasteiger partial charge in [-0.2, -0.15) is 0 Å². The molecule has 1 heterocycles. The van der Waals surface area contributed by atoms with E-state index in [9.17, 15) is 8.42 Å². The third-order valence-electron chi connectivity index (χ3n) is 2.38. The number of nitrogens with zero attached hydrogens (tertiary/aromatic N) is 1. The molecule has 0 saturated heterocycles. The van der Waals surface area contributed by atoms with E-state index in [1.165, 1.54) is 0 Å². The quantitative estimate of drug-likeness (QED) is 0.845. The van der Waals surface area contributed by atoms with Crippen LogP contribution in [0.1, 0.15) is 30.6 Å². The summed E-state index contributed by atoms with van der Waals surface area (Å²) in [5.41, 5.74) is 0.983. The highest BCUT2D eigenvalue weighted by molar-refractivity contribution is 7.91. The molecule has 16 heavy (non-hydrogen) atoms. The van der Waals surface area contributed by atoms with E-state index < -0.39 is 9.84 Å². The normalized spacial score (nSPS) is 13.9. The first-order chi connectivity index (χ1) is 7.44. The van der Waals surface area contributed by atoms with Crippen LogP contribution in [0.4, 0.5) is 0 Å². The van der Waals surface area contributed by atoms with E-state index in [4.69, 9.17) is 0 Å². The summed E-state index contributed by atoms with van der Waals surface area (Å²) >= 11 is 1.61. The van der Waals surface area contributed by atoms with Crippen LogP contribution in [0, 0.1) is 6.92 Å². The Morgan fingerprint density at radius 2 is 2.25 bits per heavy atom. The van der Waals surface area contributed by atoms with E-state index in [1.807, 2.05) is 19.2 Å². The second kappa shape index (κ2) is 5.75. The van der Waals surface area contributed by atoms with Crippen molar-refractivity contribution in [2.75, 3.05) is 18.1 Å². The zero-order valence-electron chi connectivity index (χ0n) is 9.86. The van der Waals surface area contributed by atoms with Crippen LogP contribution < -0.4 is 5.32 Å². The Labute approximate surface area is 101 Å². The van der Waals surface area contributed by atoms with Crippen LogP contribution in [0.25, 0.3) is 0 Å². The SMILES string of the molecule is CCS(=O)(=O)CCNC(C)c1csc(C)n1. The molecule has 92 valence electrons. The number of hydrogen-bond acceptors (Lipinski definition) is 5. The second-order valence-corrected chi connectivity index (χ2v) is 7.24. The smallest absolute Gasteiger partial charge is 0.151 e. The first kappa shape index (κ1) is 13.6. The van der Waals surface area contributed by atoms with Crippen LogP contribution in [0.2, 0.25) is 0 Å². The molecule has 0 radical (unpaired) electrons. The Bertz CT molecular complexity index is 426. The topological polar surface area (TPSA) is 59.1 Å². The van der Waals surface area contributed by atoms with Gasteiger partial charge in [0.1, 0.15) is 0 Å². The monoisotopic (exact) mass is 262 g/mol. The van der Waals surface area contributed by atoms with E-state index in [2.05, 4.69) is 10.3 Å². The van der Waals surface area contributed by atoms with Gasteiger partial charge in [-0.25, -0.2) is 13.4 Å². The molecule has 0 aromatic carbocycles. The van der Waals surface area contributed by atoms with Gasteiger partial charge in [0.2, 0.25) is 0 Å². The lowest BCUT2D eigenvalue weighted by Crippen LogP contribution is -2.26. The molecular formula is C10H18N2O2S2. The van der Waals surface area contributed by atoms with Gasteiger partial charge in [-0.05, 0) is 13.8 Å². The molecule has 0 saturated carbocycles. The van der Waals surface area contributed by atoms with Crippen molar-refractivity contribution in [3.8, 4) is 0 Å². The molecule has 0 aliphatic heterocycles. The summed E-state index contributed by atoms with van der Waals surface area (Å²) in [6.07, 6.45) is 0. The van der Waals surface area contributed by atoms with E-state index in [0.717, 1.165) is 10.7 Å².